The molecule has 2 N–H and O–H groups in total. The Bertz CT molecular complexity index is 672. The van der Waals surface area contributed by atoms with Crippen LogP contribution in [-0.2, 0) is 14.8 Å². The van der Waals surface area contributed by atoms with Gasteiger partial charge in [0.2, 0.25) is 10.0 Å². The van der Waals surface area contributed by atoms with Gasteiger partial charge in [-0.05, 0) is 12.2 Å². The summed E-state index contributed by atoms with van der Waals surface area (Å²) in [7, 11) is -5.10. The van der Waals surface area contributed by atoms with Gasteiger partial charge in [-0.2, -0.15) is 26.3 Å². The Morgan fingerprint density at radius 1 is 0.800 bits per heavy atom. The van der Waals surface area contributed by atoms with Gasteiger partial charge in [-0.1, -0.05) is 36.4 Å². The molecule has 1 atom stereocenters. The van der Waals surface area contributed by atoms with Crippen LogP contribution < -0.4 is 5.14 Å². The van der Waals surface area contributed by atoms with Crippen molar-refractivity contribution in [2.24, 2.45) is 5.14 Å². The summed E-state index contributed by atoms with van der Waals surface area (Å²) in [6, 6.07) is 12.0. The molecular weight excluding hydrogens is 387 g/mol. The molecule has 1 unspecified atom stereocenters. The van der Waals surface area contributed by atoms with E-state index in [4.69, 9.17) is 0 Å². The number of benzene rings is 1. The summed E-state index contributed by atoms with van der Waals surface area (Å²) in [5.74, 6) is -17.0. The first-order valence-electron chi connectivity index (χ1n) is 6.18. The predicted molar refractivity (Wildman–Crippen MR) is 79.0 cm³/mol. The monoisotopic (exact) mass is 400 g/mol. The Hall–Kier alpha value is -0.590. The van der Waals surface area contributed by atoms with Gasteiger partial charge < -0.3 is 4.74 Å². The molecule has 1 aliphatic carbocycles. The second-order valence-electron chi connectivity index (χ2n) is 4.68. The Balaban J connectivity index is 0.000000693. The Morgan fingerprint density at radius 3 is 1.44 bits per heavy atom. The molecule has 4 nitrogen and oxygen atoms in total. The summed E-state index contributed by atoms with van der Waals surface area (Å²) in [6.45, 7) is 0. The second kappa shape index (κ2) is 7.97. The van der Waals surface area contributed by atoms with E-state index < -0.39 is 38.8 Å². The average Bonchev–Trinajstić information content (AvgIpc) is 2.47. The van der Waals surface area contributed by atoms with E-state index in [1.54, 1.807) is 0 Å². The maximum Gasteiger partial charge on any atom is 0.380 e. The van der Waals surface area contributed by atoms with Crippen molar-refractivity contribution in [2.75, 3.05) is 7.11 Å². The van der Waals surface area contributed by atoms with E-state index >= 15 is 0 Å². The first-order chi connectivity index (χ1) is 10.8. The van der Waals surface area contributed by atoms with Crippen molar-refractivity contribution < 1.29 is 39.5 Å². The number of sulfonamides is 1. The van der Waals surface area contributed by atoms with Gasteiger partial charge in [-0.3, -0.25) is 0 Å². The van der Waals surface area contributed by atoms with Crippen LogP contribution >= 0.6 is 0 Å². The largest absolute Gasteiger partial charge is 0.380 e. The molecule has 137 valence electrons. The van der Waals surface area contributed by atoms with Crippen LogP contribution in [0.25, 0.3) is 0 Å². The van der Waals surface area contributed by atoms with Crippen molar-refractivity contribution in [3.63, 3.8) is 0 Å². The molecule has 0 aromatic heterocycles. The normalized spacial score (nSPS) is 25.9. The molecule has 0 saturated heterocycles. The number of alkyl halides is 6. The number of hydrogen-bond acceptors (Lipinski definition) is 3. The predicted octanol–water partition coefficient (Wildman–Crippen LogP) is 2.40. The van der Waals surface area contributed by atoms with E-state index in [0.29, 0.717) is 7.11 Å². The summed E-state index contributed by atoms with van der Waals surface area (Å²) in [5, 5.41) is 4.38. The van der Waals surface area contributed by atoms with Gasteiger partial charge in [-0.25, -0.2) is 13.6 Å². The first-order valence-corrected chi connectivity index (χ1v) is 7.73. The van der Waals surface area contributed by atoms with Crippen molar-refractivity contribution in [2.45, 2.75) is 22.7 Å². The molecule has 0 bridgehead atoms. The zero-order valence-corrected chi connectivity index (χ0v) is 15.9. The van der Waals surface area contributed by atoms with Crippen LogP contribution in [0.1, 0.15) is 0 Å². The van der Waals surface area contributed by atoms with Crippen LogP contribution in [0.3, 0.4) is 0 Å². The summed E-state index contributed by atoms with van der Waals surface area (Å²) in [5.41, 5.74) is 0. The van der Waals surface area contributed by atoms with Gasteiger partial charge in [0, 0.05) is 36.7 Å². The fourth-order valence-electron chi connectivity index (χ4n) is 1.82. The number of hydrogen-bond donors (Lipinski definition) is 1. The number of rotatable bonds is 2. The topological polar surface area (TPSA) is 69.4 Å². The van der Waals surface area contributed by atoms with Crippen LogP contribution in [-0.4, -0.2) is 67.8 Å². The molecule has 0 amide bonds. The molecule has 0 heterocycles. The molecule has 0 saturated carbocycles. The zero-order chi connectivity index (χ0) is 18.9. The SMILES string of the molecule is COC1(S(N)(=O)=O)C=CC(F)(F)C(F)(F)C1(F)F.[Na].c1ccccc1. The fraction of sp³-hybridized carbons (Fsp3) is 0.385. The third kappa shape index (κ3) is 4.06. The van der Waals surface area contributed by atoms with Crippen molar-refractivity contribution in [1.82, 2.24) is 0 Å². The quantitative estimate of drug-likeness (QED) is 0.471. The molecule has 1 aliphatic rings. The van der Waals surface area contributed by atoms with E-state index in [1.807, 2.05) is 36.4 Å². The van der Waals surface area contributed by atoms with Gasteiger partial charge >= 0.3 is 17.8 Å². The van der Waals surface area contributed by atoms with Gasteiger partial charge in [-0.15, -0.1) is 0 Å². The molecular formula is C13H13F6NNaO3S. The third-order valence-electron chi connectivity index (χ3n) is 3.16. The number of ether oxygens (including phenoxy) is 1. The second-order valence-corrected chi connectivity index (χ2v) is 6.37. The minimum absolute atomic E-state index is 0. The van der Waals surface area contributed by atoms with Crippen LogP contribution in [0.15, 0.2) is 48.6 Å². The van der Waals surface area contributed by atoms with Crippen molar-refractivity contribution >= 4 is 39.6 Å². The Morgan fingerprint density at radius 2 is 1.16 bits per heavy atom. The zero-order valence-electron chi connectivity index (χ0n) is 13.1. The van der Waals surface area contributed by atoms with Crippen LogP contribution in [0.2, 0.25) is 0 Å². The molecule has 0 aliphatic heterocycles. The minimum atomic E-state index is -5.98. The van der Waals surface area contributed by atoms with E-state index in [-0.39, 0.29) is 35.6 Å². The molecule has 0 fully saturated rings. The minimum Gasteiger partial charge on any atom is -0.353 e. The number of allylic oxidation sites excluding steroid dienone is 1. The summed E-state index contributed by atoms with van der Waals surface area (Å²) >= 11 is 0. The first kappa shape index (κ1) is 24.4. The molecule has 0 spiro atoms. The standard InChI is InChI=1S/C7H7F6NO3S.C6H6.Na/c1-17-5(18(14,15)16)3-2-4(8,9)6(10,11)7(5,12)13;1-2-4-6-5-3-1;/h2-3H,1H3,(H2,14,15,16);1-6H;. The van der Waals surface area contributed by atoms with Gasteiger partial charge in [0.15, 0.2) is 0 Å². The van der Waals surface area contributed by atoms with Crippen LogP contribution in [0.4, 0.5) is 26.3 Å². The summed E-state index contributed by atoms with van der Waals surface area (Å²) in [6.07, 6.45) is -1.04. The number of primary sulfonamides is 1. The maximum atomic E-state index is 13.4. The summed E-state index contributed by atoms with van der Waals surface area (Å²) < 4.78 is 104. The van der Waals surface area contributed by atoms with Gasteiger partial charge in [0.25, 0.3) is 4.93 Å². The van der Waals surface area contributed by atoms with Crippen LogP contribution in [0.5, 0.6) is 0 Å². The summed E-state index contributed by atoms with van der Waals surface area (Å²) in [4.78, 5) is -4.05. The third-order valence-corrected chi connectivity index (χ3v) is 4.56. The van der Waals surface area contributed by atoms with E-state index in [9.17, 15) is 34.8 Å². The van der Waals surface area contributed by atoms with E-state index in [0.717, 1.165) is 0 Å². The molecule has 1 aromatic rings. The molecule has 1 radical (unpaired) electrons. The number of halogens is 6. The van der Waals surface area contributed by atoms with Gasteiger partial charge in [0.05, 0.1) is 0 Å². The van der Waals surface area contributed by atoms with Gasteiger partial charge in [0.1, 0.15) is 0 Å². The smallest absolute Gasteiger partial charge is 0.353 e. The van der Waals surface area contributed by atoms with E-state index in [1.165, 1.54) is 0 Å². The molecule has 12 heteroatoms. The molecule has 1 aromatic carbocycles. The fourth-order valence-corrected chi connectivity index (χ4v) is 2.80. The Labute approximate surface area is 162 Å². The Kier molecular flexibility index (Phi) is 7.78. The molecule has 25 heavy (non-hydrogen) atoms. The number of nitrogens with two attached hydrogens (primary N) is 1. The maximum absolute atomic E-state index is 13.4. The van der Waals surface area contributed by atoms with Crippen molar-refractivity contribution in [3.8, 4) is 0 Å². The van der Waals surface area contributed by atoms with Crippen LogP contribution in [0, 0.1) is 0 Å². The van der Waals surface area contributed by atoms with Crippen molar-refractivity contribution in [3.05, 3.63) is 48.6 Å². The van der Waals surface area contributed by atoms with E-state index in [2.05, 4.69) is 9.88 Å². The number of methoxy groups -OCH3 is 1. The molecule has 2 rings (SSSR count). The van der Waals surface area contributed by atoms with Crippen molar-refractivity contribution in [1.29, 1.82) is 0 Å². The average molecular weight is 400 g/mol.